The van der Waals surface area contributed by atoms with E-state index in [4.69, 9.17) is 22.1 Å². The SMILES string of the molecule is Cc1ccc(C#N)cc1Nc1ccc(Cl)cc1C#N. The third-order valence-corrected chi connectivity index (χ3v) is 2.97. The predicted molar refractivity (Wildman–Crippen MR) is 75.3 cm³/mol. The topological polar surface area (TPSA) is 59.6 Å². The fourth-order valence-electron chi connectivity index (χ4n) is 1.69. The molecule has 19 heavy (non-hydrogen) atoms. The summed E-state index contributed by atoms with van der Waals surface area (Å²) in [6.45, 7) is 1.94. The predicted octanol–water partition coefficient (Wildman–Crippen LogP) is 4.14. The Morgan fingerprint density at radius 2 is 1.79 bits per heavy atom. The number of rotatable bonds is 2. The molecule has 3 nitrogen and oxygen atoms in total. The minimum Gasteiger partial charge on any atom is -0.354 e. The highest BCUT2D eigenvalue weighted by Crippen LogP contribution is 2.26. The molecule has 1 N–H and O–H groups in total. The van der Waals surface area contributed by atoms with Crippen LogP contribution >= 0.6 is 11.6 Å². The molecule has 2 aromatic carbocycles. The smallest absolute Gasteiger partial charge is 0.101 e. The fourth-order valence-corrected chi connectivity index (χ4v) is 1.86. The number of halogens is 1. The van der Waals surface area contributed by atoms with Crippen molar-refractivity contribution >= 4 is 23.0 Å². The van der Waals surface area contributed by atoms with E-state index in [9.17, 15) is 0 Å². The first-order chi connectivity index (χ1) is 9.13. The Labute approximate surface area is 116 Å². The molecule has 0 fully saturated rings. The van der Waals surface area contributed by atoms with Crippen molar-refractivity contribution < 1.29 is 0 Å². The number of nitrogens with one attached hydrogen (secondary N) is 1. The lowest BCUT2D eigenvalue weighted by Gasteiger charge is -2.11. The summed E-state index contributed by atoms with van der Waals surface area (Å²) < 4.78 is 0. The molecular weight excluding hydrogens is 258 g/mol. The highest BCUT2D eigenvalue weighted by atomic mass is 35.5. The zero-order chi connectivity index (χ0) is 13.8. The van der Waals surface area contributed by atoms with Crippen LogP contribution < -0.4 is 5.32 Å². The maximum atomic E-state index is 9.09. The Morgan fingerprint density at radius 1 is 1.00 bits per heavy atom. The van der Waals surface area contributed by atoms with Crippen molar-refractivity contribution in [2.24, 2.45) is 0 Å². The van der Waals surface area contributed by atoms with Gasteiger partial charge in [0.2, 0.25) is 0 Å². The van der Waals surface area contributed by atoms with Gasteiger partial charge in [0.15, 0.2) is 0 Å². The van der Waals surface area contributed by atoms with Crippen LogP contribution in [0.4, 0.5) is 11.4 Å². The average Bonchev–Trinajstić information content (AvgIpc) is 2.43. The van der Waals surface area contributed by atoms with E-state index in [0.29, 0.717) is 21.8 Å². The van der Waals surface area contributed by atoms with Gasteiger partial charge < -0.3 is 5.32 Å². The molecule has 0 aliphatic carbocycles. The number of benzene rings is 2. The summed E-state index contributed by atoms with van der Waals surface area (Å²) in [6, 6.07) is 14.6. The van der Waals surface area contributed by atoms with Gasteiger partial charge in [-0.05, 0) is 42.8 Å². The number of aryl methyl sites for hydroxylation is 1. The first-order valence-corrected chi connectivity index (χ1v) is 5.99. The van der Waals surface area contributed by atoms with Gasteiger partial charge in [0.25, 0.3) is 0 Å². The van der Waals surface area contributed by atoms with Crippen LogP contribution in [0.5, 0.6) is 0 Å². The molecule has 4 heteroatoms. The van der Waals surface area contributed by atoms with Gasteiger partial charge >= 0.3 is 0 Å². The van der Waals surface area contributed by atoms with Crippen molar-refractivity contribution in [3.05, 3.63) is 58.1 Å². The largest absolute Gasteiger partial charge is 0.354 e. The van der Waals surface area contributed by atoms with Crippen molar-refractivity contribution in [2.45, 2.75) is 6.92 Å². The van der Waals surface area contributed by atoms with Gasteiger partial charge in [0.1, 0.15) is 6.07 Å². The number of hydrogen-bond acceptors (Lipinski definition) is 3. The third-order valence-electron chi connectivity index (χ3n) is 2.74. The Kier molecular flexibility index (Phi) is 3.71. The van der Waals surface area contributed by atoms with Crippen molar-refractivity contribution in [3.8, 4) is 12.1 Å². The molecule has 0 spiro atoms. The van der Waals surface area contributed by atoms with E-state index >= 15 is 0 Å². The summed E-state index contributed by atoms with van der Waals surface area (Å²) in [4.78, 5) is 0. The second-order valence-electron chi connectivity index (χ2n) is 4.07. The number of anilines is 2. The molecule has 0 saturated carbocycles. The average molecular weight is 268 g/mol. The standard InChI is InChI=1S/C15H10ClN3/c1-10-2-3-11(8-17)6-15(10)19-14-5-4-13(16)7-12(14)9-18/h2-7,19H,1H3. The molecule has 0 aliphatic heterocycles. The van der Waals surface area contributed by atoms with Crippen LogP contribution in [0.15, 0.2) is 36.4 Å². The Morgan fingerprint density at radius 3 is 2.47 bits per heavy atom. The van der Waals surface area contributed by atoms with E-state index in [-0.39, 0.29) is 0 Å². The lowest BCUT2D eigenvalue weighted by Crippen LogP contribution is -1.96. The normalized spacial score (nSPS) is 9.47. The van der Waals surface area contributed by atoms with E-state index in [1.165, 1.54) is 0 Å². The van der Waals surface area contributed by atoms with Crippen molar-refractivity contribution in [3.63, 3.8) is 0 Å². The monoisotopic (exact) mass is 267 g/mol. The van der Waals surface area contributed by atoms with Crippen LogP contribution in [-0.4, -0.2) is 0 Å². The van der Waals surface area contributed by atoms with Crippen LogP contribution in [0.1, 0.15) is 16.7 Å². The van der Waals surface area contributed by atoms with Crippen LogP contribution in [0.2, 0.25) is 5.02 Å². The van der Waals surface area contributed by atoms with Crippen molar-refractivity contribution in [2.75, 3.05) is 5.32 Å². The fraction of sp³-hybridized carbons (Fsp3) is 0.0667. The highest BCUT2D eigenvalue weighted by Gasteiger charge is 2.06. The Bertz CT molecular complexity index is 708. The molecule has 2 rings (SSSR count). The first kappa shape index (κ1) is 13.0. The second kappa shape index (κ2) is 5.44. The summed E-state index contributed by atoms with van der Waals surface area (Å²) in [6.07, 6.45) is 0. The van der Waals surface area contributed by atoms with Gasteiger partial charge in [-0.3, -0.25) is 0 Å². The number of nitriles is 2. The lowest BCUT2D eigenvalue weighted by molar-refractivity contribution is 1.39. The van der Waals surface area contributed by atoms with E-state index < -0.39 is 0 Å². The van der Waals surface area contributed by atoms with Crippen LogP contribution in [0.3, 0.4) is 0 Å². The second-order valence-corrected chi connectivity index (χ2v) is 4.50. The van der Waals surface area contributed by atoms with E-state index in [1.54, 1.807) is 30.3 Å². The van der Waals surface area contributed by atoms with Gasteiger partial charge in [0, 0.05) is 10.7 Å². The highest BCUT2D eigenvalue weighted by molar-refractivity contribution is 6.30. The quantitative estimate of drug-likeness (QED) is 0.890. The molecule has 0 amide bonds. The molecule has 0 atom stereocenters. The third kappa shape index (κ3) is 2.85. The number of nitrogens with zero attached hydrogens (tertiary/aromatic N) is 2. The van der Waals surface area contributed by atoms with Crippen LogP contribution in [-0.2, 0) is 0 Å². The molecule has 0 radical (unpaired) electrons. The zero-order valence-electron chi connectivity index (χ0n) is 10.2. The summed E-state index contributed by atoms with van der Waals surface area (Å²) in [5.74, 6) is 0. The van der Waals surface area contributed by atoms with Crippen molar-refractivity contribution in [1.82, 2.24) is 0 Å². The maximum Gasteiger partial charge on any atom is 0.101 e. The molecule has 0 aromatic heterocycles. The molecule has 92 valence electrons. The van der Waals surface area contributed by atoms with Gasteiger partial charge in [-0.2, -0.15) is 10.5 Å². The molecule has 2 aromatic rings. The zero-order valence-corrected chi connectivity index (χ0v) is 11.0. The molecule has 0 heterocycles. The van der Waals surface area contributed by atoms with Gasteiger partial charge in [-0.15, -0.1) is 0 Å². The first-order valence-electron chi connectivity index (χ1n) is 5.61. The van der Waals surface area contributed by atoms with E-state index in [2.05, 4.69) is 17.5 Å². The Hall–Kier alpha value is -2.49. The van der Waals surface area contributed by atoms with Gasteiger partial charge in [-0.1, -0.05) is 17.7 Å². The molecule has 0 unspecified atom stereocenters. The summed E-state index contributed by atoms with van der Waals surface area (Å²) in [5, 5.41) is 21.7. The molecule has 0 aliphatic rings. The summed E-state index contributed by atoms with van der Waals surface area (Å²) >= 11 is 5.86. The minimum absolute atomic E-state index is 0.467. The summed E-state index contributed by atoms with van der Waals surface area (Å²) in [5.41, 5.74) is 3.51. The van der Waals surface area contributed by atoms with E-state index in [1.807, 2.05) is 13.0 Å². The molecule has 0 bridgehead atoms. The van der Waals surface area contributed by atoms with Gasteiger partial charge in [0.05, 0.1) is 22.9 Å². The Balaban J connectivity index is 2.42. The minimum atomic E-state index is 0.467. The lowest BCUT2D eigenvalue weighted by atomic mass is 10.1. The van der Waals surface area contributed by atoms with Crippen molar-refractivity contribution in [1.29, 1.82) is 10.5 Å². The van der Waals surface area contributed by atoms with Crippen LogP contribution in [0.25, 0.3) is 0 Å². The maximum absolute atomic E-state index is 9.09. The number of hydrogen-bond donors (Lipinski definition) is 1. The van der Waals surface area contributed by atoms with E-state index in [0.717, 1.165) is 11.3 Å². The molecule has 0 saturated heterocycles. The van der Waals surface area contributed by atoms with Crippen LogP contribution in [0, 0.1) is 29.6 Å². The molecular formula is C15H10ClN3. The van der Waals surface area contributed by atoms with Gasteiger partial charge in [-0.25, -0.2) is 0 Å². The summed E-state index contributed by atoms with van der Waals surface area (Å²) in [7, 11) is 0.